The third-order valence-corrected chi connectivity index (χ3v) is 0. The number of halogens is 3. The maximum atomic E-state index is 0. The second kappa shape index (κ2) is 52.7. The topological polar surface area (TPSA) is 31.5 Å². The van der Waals surface area contributed by atoms with Crippen molar-refractivity contribution in [2.24, 2.45) is 0 Å². The Balaban J connectivity index is 0. The van der Waals surface area contributed by atoms with Gasteiger partial charge in [-0.1, -0.05) is 0 Å². The summed E-state index contributed by atoms with van der Waals surface area (Å²) in [5.74, 6) is 0. The molecule has 0 atom stereocenters. The molecule has 0 saturated carbocycles. The van der Waals surface area contributed by atoms with Crippen LogP contribution in [-0.2, 0) is 18.6 Å². The average molecular weight is 178 g/mol. The van der Waals surface area contributed by atoms with Gasteiger partial charge in [0.2, 0.25) is 0 Å². The Labute approximate surface area is 61.3 Å². The van der Waals surface area contributed by atoms with Gasteiger partial charge in [-0.15, -0.1) is 37.2 Å². The Kier molecular flexibility index (Phi) is 991. The fourth-order valence-electron chi connectivity index (χ4n) is 0. The first-order valence-electron chi connectivity index (χ1n) is 0. The zero-order chi connectivity index (χ0) is 0. The van der Waals surface area contributed by atoms with Crippen LogP contribution < -0.4 is 0 Å². The van der Waals surface area contributed by atoms with Gasteiger partial charge in [0.1, 0.15) is 0 Å². The number of hydrogen-bond donors (Lipinski definition) is 0. The Hall–Kier alpha value is 1.41. The van der Waals surface area contributed by atoms with Crippen molar-refractivity contribution in [2.75, 3.05) is 0 Å². The van der Waals surface area contributed by atoms with E-state index in [1.807, 2.05) is 0 Å². The Bertz CT molecular complexity index is 6.85. The molecule has 5 heavy (non-hydrogen) atoms. The summed E-state index contributed by atoms with van der Waals surface area (Å²) in [6.07, 6.45) is 0. The van der Waals surface area contributed by atoms with Crippen molar-refractivity contribution in [1.82, 2.24) is 0 Å². The van der Waals surface area contributed by atoms with E-state index in [1.54, 1.807) is 0 Å². The summed E-state index contributed by atoms with van der Waals surface area (Å²) >= 11 is 0. The van der Waals surface area contributed by atoms with Crippen molar-refractivity contribution < 1.29 is 24.0 Å². The monoisotopic (exact) mass is 177 g/mol. The molecule has 0 heterocycles. The van der Waals surface area contributed by atoms with Crippen LogP contribution in [0.15, 0.2) is 0 Å². The van der Waals surface area contributed by atoms with Gasteiger partial charge in [-0.05, 0) is 0 Å². The molecule has 0 bridgehead atoms. The van der Waals surface area contributed by atoms with E-state index in [0.717, 1.165) is 0 Å². The Morgan fingerprint density at radius 3 is 0.600 bits per heavy atom. The van der Waals surface area contributed by atoms with Crippen LogP contribution in [0.3, 0.4) is 0 Å². The van der Waals surface area contributed by atoms with E-state index in [-0.39, 0.29) is 61.3 Å². The van der Waals surface area contributed by atoms with Gasteiger partial charge in [0, 0.05) is 18.6 Å². The molecule has 37 valence electrons. The summed E-state index contributed by atoms with van der Waals surface area (Å²) < 4.78 is 0. The van der Waals surface area contributed by atoms with Gasteiger partial charge in [-0.25, -0.2) is 0 Å². The smallest absolute Gasteiger partial charge is 0 e. The van der Waals surface area contributed by atoms with E-state index in [0.29, 0.717) is 0 Å². The van der Waals surface area contributed by atoms with Crippen LogP contribution in [0.1, 0.15) is 0 Å². The van der Waals surface area contributed by atoms with Crippen molar-refractivity contribution in [1.29, 1.82) is 0 Å². The van der Waals surface area contributed by atoms with Crippen LogP contribution in [0.5, 0.6) is 0 Å². The van der Waals surface area contributed by atoms with Gasteiger partial charge in [-0.3, -0.25) is 0 Å². The van der Waals surface area contributed by atoms with Crippen molar-refractivity contribution in [3.8, 4) is 0 Å². The molecule has 0 amide bonds. The zero-order valence-electron chi connectivity index (χ0n) is 2.17. The molecule has 0 spiro atoms. The molecule has 0 rings (SSSR count). The van der Waals surface area contributed by atoms with Gasteiger partial charge in [-0.2, -0.15) is 0 Å². The van der Waals surface area contributed by atoms with Crippen molar-refractivity contribution in [2.45, 2.75) is 0 Å². The minimum Gasteiger partial charge on any atom is -0.412 e. The minimum absolute atomic E-state index is 0. The predicted octanol–water partition coefficient (Wildman–Crippen LogP) is 0.438. The number of rotatable bonds is 0. The molecule has 0 aliphatic rings. The molecule has 0 fully saturated rings. The predicted molar refractivity (Wildman–Crippen MR) is 25.4 cm³/mol. The van der Waals surface area contributed by atoms with E-state index >= 15 is 0 Å². The van der Waals surface area contributed by atoms with Gasteiger partial charge in [0.15, 0.2) is 0 Å². The fraction of sp³-hybridized carbons (Fsp3) is 0. The Morgan fingerprint density at radius 2 is 0.600 bits per heavy atom. The minimum atomic E-state index is 0. The standard InChI is InChI=1S/3ClH.H2O.V/h3*1H;1H2;. The third kappa shape index (κ3) is 31.6. The van der Waals surface area contributed by atoms with E-state index in [4.69, 9.17) is 0 Å². The second-order valence-electron chi connectivity index (χ2n) is 0. The number of hydrogen-bond acceptors (Lipinski definition) is 0. The largest absolute Gasteiger partial charge is 0.412 e. The third-order valence-electron chi connectivity index (χ3n) is 0. The molecule has 0 aromatic rings. The van der Waals surface area contributed by atoms with Crippen LogP contribution in [0.2, 0.25) is 0 Å². The Morgan fingerprint density at radius 1 is 0.600 bits per heavy atom. The SMILES string of the molecule is Cl.Cl.Cl.O.[V]. The van der Waals surface area contributed by atoms with Crippen LogP contribution in [-0.4, -0.2) is 5.48 Å². The van der Waals surface area contributed by atoms with Gasteiger partial charge < -0.3 is 5.48 Å². The second-order valence-corrected chi connectivity index (χ2v) is 0. The average Bonchev–Trinajstić information content (AvgIpc) is 0. The molecule has 2 N–H and O–H groups in total. The molecule has 1 radical (unpaired) electrons. The summed E-state index contributed by atoms with van der Waals surface area (Å²) in [6, 6.07) is 0. The first-order chi connectivity index (χ1) is 0. The van der Waals surface area contributed by atoms with Gasteiger partial charge >= 0.3 is 0 Å². The fourth-order valence-corrected chi connectivity index (χ4v) is 0. The van der Waals surface area contributed by atoms with E-state index in [9.17, 15) is 0 Å². The van der Waals surface area contributed by atoms with E-state index < -0.39 is 0 Å². The quantitative estimate of drug-likeness (QED) is 0.515. The van der Waals surface area contributed by atoms with Crippen molar-refractivity contribution >= 4 is 37.2 Å². The zero-order valence-corrected chi connectivity index (χ0v) is 6.02. The van der Waals surface area contributed by atoms with Gasteiger partial charge in [0.05, 0.1) is 0 Å². The molecule has 0 aliphatic heterocycles. The first kappa shape index (κ1) is 94.0. The van der Waals surface area contributed by atoms with Crippen LogP contribution in [0.4, 0.5) is 0 Å². The molecule has 0 saturated heterocycles. The van der Waals surface area contributed by atoms with Crippen LogP contribution >= 0.6 is 37.2 Å². The molecule has 0 aromatic carbocycles. The molecule has 5 heteroatoms. The summed E-state index contributed by atoms with van der Waals surface area (Å²) in [4.78, 5) is 0. The van der Waals surface area contributed by atoms with Crippen LogP contribution in [0, 0.1) is 0 Å². The molecule has 0 aromatic heterocycles. The molecular weight excluding hydrogens is 173 g/mol. The van der Waals surface area contributed by atoms with Crippen LogP contribution in [0.25, 0.3) is 0 Å². The van der Waals surface area contributed by atoms with Crippen molar-refractivity contribution in [3.05, 3.63) is 0 Å². The molecule has 1 nitrogen and oxygen atoms in total. The summed E-state index contributed by atoms with van der Waals surface area (Å²) in [7, 11) is 0. The van der Waals surface area contributed by atoms with Crippen molar-refractivity contribution in [3.63, 3.8) is 0 Å². The molecule has 0 aliphatic carbocycles. The van der Waals surface area contributed by atoms with Gasteiger partial charge in [0.25, 0.3) is 0 Å². The summed E-state index contributed by atoms with van der Waals surface area (Å²) in [6.45, 7) is 0. The maximum Gasteiger partial charge on any atom is 0 e. The first-order valence-corrected chi connectivity index (χ1v) is 0. The molecule has 0 unspecified atom stereocenters. The summed E-state index contributed by atoms with van der Waals surface area (Å²) in [5.41, 5.74) is 0. The molecular formula is H5Cl3OV. The van der Waals surface area contributed by atoms with E-state index in [2.05, 4.69) is 0 Å². The maximum absolute atomic E-state index is 0. The van der Waals surface area contributed by atoms with E-state index in [1.165, 1.54) is 0 Å². The normalized spacial score (nSPS) is 0. The summed E-state index contributed by atoms with van der Waals surface area (Å²) in [5, 5.41) is 0.